The third-order valence-corrected chi connectivity index (χ3v) is 4.98. The highest BCUT2D eigenvalue weighted by molar-refractivity contribution is 5.97. The number of hydrogen-bond donors (Lipinski definition) is 1. The molecule has 2 amide bonds. The molecule has 1 saturated carbocycles. The molecule has 3 rings (SSSR count). The molecule has 1 aromatic carbocycles. The zero-order valence-corrected chi connectivity index (χ0v) is 14.4. The molecule has 1 aliphatic carbocycles. The molecule has 1 aromatic rings. The Labute approximate surface area is 143 Å². The molecule has 1 aliphatic heterocycles. The fraction of sp³-hybridized carbons (Fsp3) is 0.529. The Kier molecular flexibility index (Phi) is 5.32. The first kappa shape index (κ1) is 17.8. The van der Waals surface area contributed by atoms with Crippen molar-refractivity contribution < 1.29 is 9.59 Å². The normalized spacial score (nSPS) is 25.7. The minimum absolute atomic E-state index is 0. The van der Waals surface area contributed by atoms with Crippen molar-refractivity contribution in [3.63, 3.8) is 0 Å². The Bertz CT molecular complexity index is 588. The van der Waals surface area contributed by atoms with Crippen molar-refractivity contribution in [3.8, 4) is 0 Å². The number of halogens is 1. The van der Waals surface area contributed by atoms with Gasteiger partial charge >= 0.3 is 0 Å². The lowest BCUT2D eigenvalue weighted by Crippen LogP contribution is -2.33. The molecule has 2 N–H and O–H groups in total. The van der Waals surface area contributed by atoms with Crippen LogP contribution in [0.1, 0.15) is 33.6 Å². The SMILES string of the molecule is CN(C)C(=O)c1ccc(C(=O)N2CC3CCC(N)C3C2)cc1.Cl. The summed E-state index contributed by atoms with van der Waals surface area (Å²) in [6.45, 7) is 1.58. The van der Waals surface area contributed by atoms with E-state index in [-0.39, 0.29) is 30.3 Å². The molecule has 5 nitrogen and oxygen atoms in total. The standard InChI is InChI=1S/C17H23N3O2.ClH/c1-19(2)16(21)11-3-5-12(6-4-11)17(22)20-9-13-7-8-15(18)14(13)10-20;/h3-6,13-15H,7-10,18H2,1-2H3;1H. The highest BCUT2D eigenvalue weighted by atomic mass is 35.5. The number of likely N-dealkylation sites (tertiary alicyclic amines) is 1. The largest absolute Gasteiger partial charge is 0.345 e. The quantitative estimate of drug-likeness (QED) is 0.891. The van der Waals surface area contributed by atoms with Gasteiger partial charge in [0.1, 0.15) is 0 Å². The van der Waals surface area contributed by atoms with Gasteiger partial charge in [-0.15, -0.1) is 12.4 Å². The second-order valence-electron chi connectivity index (χ2n) is 6.65. The van der Waals surface area contributed by atoms with Crippen LogP contribution in [-0.4, -0.2) is 54.8 Å². The van der Waals surface area contributed by atoms with E-state index in [4.69, 9.17) is 5.73 Å². The molecule has 0 radical (unpaired) electrons. The Hall–Kier alpha value is -1.59. The molecule has 0 bridgehead atoms. The van der Waals surface area contributed by atoms with E-state index >= 15 is 0 Å². The first-order valence-corrected chi connectivity index (χ1v) is 7.84. The van der Waals surface area contributed by atoms with Crippen LogP contribution in [0.2, 0.25) is 0 Å². The van der Waals surface area contributed by atoms with Gasteiger partial charge in [0.15, 0.2) is 0 Å². The number of amides is 2. The van der Waals surface area contributed by atoms with E-state index in [1.807, 2.05) is 4.90 Å². The second kappa shape index (κ2) is 6.89. The second-order valence-corrected chi connectivity index (χ2v) is 6.65. The van der Waals surface area contributed by atoms with Crippen LogP contribution in [0.5, 0.6) is 0 Å². The highest BCUT2D eigenvalue weighted by Crippen LogP contribution is 2.37. The number of fused-ring (bicyclic) bond motifs is 1. The minimum Gasteiger partial charge on any atom is -0.345 e. The van der Waals surface area contributed by atoms with Crippen LogP contribution >= 0.6 is 12.4 Å². The summed E-state index contributed by atoms with van der Waals surface area (Å²) in [7, 11) is 3.43. The van der Waals surface area contributed by atoms with Crippen LogP contribution in [0.25, 0.3) is 0 Å². The third kappa shape index (κ3) is 3.35. The maximum Gasteiger partial charge on any atom is 0.253 e. The molecule has 2 aliphatic rings. The van der Waals surface area contributed by atoms with Crippen molar-refractivity contribution in [2.24, 2.45) is 17.6 Å². The summed E-state index contributed by atoms with van der Waals surface area (Å²) in [6, 6.07) is 7.17. The molecule has 1 heterocycles. The molecule has 1 saturated heterocycles. The number of carbonyl (C=O) groups is 2. The maximum absolute atomic E-state index is 12.6. The molecule has 6 heteroatoms. The predicted octanol–water partition coefficient (Wildman–Crippen LogP) is 1.62. The van der Waals surface area contributed by atoms with E-state index in [2.05, 4.69) is 0 Å². The average Bonchev–Trinajstić information content (AvgIpc) is 3.08. The van der Waals surface area contributed by atoms with E-state index in [0.717, 1.165) is 25.9 Å². The summed E-state index contributed by atoms with van der Waals surface area (Å²) >= 11 is 0. The van der Waals surface area contributed by atoms with Gasteiger partial charge in [-0.05, 0) is 48.9 Å². The zero-order valence-electron chi connectivity index (χ0n) is 13.6. The van der Waals surface area contributed by atoms with Gasteiger partial charge in [0, 0.05) is 44.4 Å². The van der Waals surface area contributed by atoms with E-state index in [9.17, 15) is 9.59 Å². The van der Waals surface area contributed by atoms with E-state index in [1.165, 1.54) is 4.90 Å². The van der Waals surface area contributed by atoms with Crippen molar-refractivity contribution >= 4 is 24.2 Å². The Morgan fingerprint density at radius 1 is 1.09 bits per heavy atom. The molecular weight excluding hydrogens is 314 g/mol. The molecule has 2 fully saturated rings. The highest BCUT2D eigenvalue weighted by Gasteiger charge is 2.42. The van der Waals surface area contributed by atoms with E-state index in [0.29, 0.717) is 23.0 Å². The maximum atomic E-state index is 12.6. The van der Waals surface area contributed by atoms with Gasteiger partial charge in [-0.1, -0.05) is 0 Å². The summed E-state index contributed by atoms with van der Waals surface area (Å²) in [6.07, 6.45) is 2.21. The molecule has 3 atom stereocenters. The van der Waals surface area contributed by atoms with Gasteiger partial charge in [-0.2, -0.15) is 0 Å². The average molecular weight is 338 g/mol. The number of nitrogens with zero attached hydrogens (tertiary/aromatic N) is 2. The van der Waals surface area contributed by atoms with Gasteiger partial charge in [-0.25, -0.2) is 0 Å². The number of rotatable bonds is 2. The lowest BCUT2D eigenvalue weighted by atomic mass is 9.98. The van der Waals surface area contributed by atoms with Crippen LogP contribution < -0.4 is 5.73 Å². The Morgan fingerprint density at radius 2 is 1.70 bits per heavy atom. The van der Waals surface area contributed by atoms with Gasteiger partial charge in [0.25, 0.3) is 11.8 Å². The van der Waals surface area contributed by atoms with Crippen molar-refractivity contribution in [1.29, 1.82) is 0 Å². The molecule has 0 aromatic heterocycles. The summed E-state index contributed by atoms with van der Waals surface area (Å²) in [4.78, 5) is 27.9. The van der Waals surface area contributed by atoms with E-state index < -0.39 is 0 Å². The summed E-state index contributed by atoms with van der Waals surface area (Å²) < 4.78 is 0. The fourth-order valence-electron chi connectivity index (χ4n) is 3.67. The zero-order chi connectivity index (χ0) is 15.9. The fourth-order valence-corrected chi connectivity index (χ4v) is 3.67. The van der Waals surface area contributed by atoms with Crippen LogP contribution in [0.3, 0.4) is 0 Å². The summed E-state index contributed by atoms with van der Waals surface area (Å²) in [5.41, 5.74) is 7.36. The van der Waals surface area contributed by atoms with Crippen molar-refractivity contribution in [2.45, 2.75) is 18.9 Å². The first-order valence-electron chi connectivity index (χ1n) is 7.84. The van der Waals surface area contributed by atoms with Gasteiger partial charge in [0.05, 0.1) is 0 Å². The molecule has 126 valence electrons. The molecule has 23 heavy (non-hydrogen) atoms. The topological polar surface area (TPSA) is 66.6 Å². The van der Waals surface area contributed by atoms with Crippen LogP contribution in [0.15, 0.2) is 24.3 Å². The molecular formula is C17H24ClN3O2. The van der Waals surface area contributed by atoms with Gasteiger partial charge in [0.2, 0.25) is 0 Å². The lowest BCUT2D eigenvalue weighted by molar-refractivity contribution is 0.0777. The van der Waals surface area contributed by atoms with Crippen LogP contribution in [0, 0.1) is 11.8 Å². The first-order chi connectivity index (χ1) is 10.5. The van der Waals surface area contributed by atoms with Crippen LogP contribution in [-0.2, 0) is 0 Å². The van der Waals surface area contributed by atoms with Crippen molar-refractivity contribution in [2.75, 3.05) is 27.2 Å². The van der Waals surface area contributed by atoms with Crippen molar-refractivity contribution in [3.05, 3.63) is 35.4 Å². The predicted molar refractivity (Wildman–Crippen MR) is 91.8 cm³/mol. The number of nitrogens with two attached hydrogens (primary N) is 1. The van der Waals surface area contributed by atoms with Crippen LogP contribution in [0.4, 0.5) is 0 Å². The summed E-state index contributed by atoms with van der Waals surface area (Å²) in [5.74, 6) is 1.01. The lowest BCUT2D eigenvalue weighted by Gasteiger charge is -2.19. The number of benzene rings is 1. The minimum atomic E-state index is -0.0549. The number of hydrogen-bond acceptors (Lipinski definition) is 3. The molecule has 0 spiro atoms. The number of carbonyl (C=O) groups excluding carboxylic acids is 2. The third-order valence-electron chi connectivity index (χ3n) is 4.98. The van der Waals surface area contributed by atoms with Gasteiger partial charge < -0.3 is 15.5 Å². The monoisotopic (exact) mass is 337 g/mol. The smallest absolute Gasteiger partial charge is 0.253 e. The Balaban J connectivity index is 0.00000192. The Morgan fingerprint density at radius 3 is 2.26 bits per heavy atom. The van der Waals surface area contributed by atoms with E-state index in [1.54, 1.807) is 38.4 Å². The molecule has 3 unspecified atom stereocenters. The van der Waals surface area contributed by atoms with Crippen molar-refractivity contribution in [1.82, 2.24) is 9.80 Å². The summed E-state index contributed by atoms with van der Waals surface area (Å²) in [5, 5.41) is 0. The van der Waals surface area contributed by atoms with Gasteiger partial charge in [-0.3, -0.25) is 9.59 Å².